The van der Waals surface area contributed by atoms with E-state index < -0.39 is 29.4 Å². The molecule has 15 nitrogen and oxygen atoms in total. The highest BCUT2D eigenvalue weighted by Gasteiger charge is 2.41. The van der Waals surface area contributed by atoms with Gasteiger partial charge in [-0.2, -0.15) is 13.2 Å². The van der Waals surface area contributed by atoms with Crippen molar-refractivity contribution in [2.45, 2.75) is 63.3 Å². The second-order valence-electron chi connectivity index (χ2n) is 17.4. The summed E-state index contributed by atoms with van der Waals surface area (Å²) in [6.07, 6.45) is 0.946. The van der Waals surface area contributed by atoms with Crippen molar-refractivity contribution in [3.05, 3.63) is 76.9 Å². The number of anilines is 4. The molecule has 0 radical (unpaired) electrons. The molecule has 1 atom stereocenters. The van der Waals surface area contributed by atoms with Crippen LogP contribution in [0.5, 0.6) is 0 Å². The number of nitrogens with zero attached hydrogens (tertiary/aromatic N) is 9. The Kier molecular flexibility index (Phi) is 11.5. The summed E-state index contributed by atoms with van der Waals surface area (Å²) < 4.78 is 40.5. The highest BCUT2D eigenvalue weighted by Crippen LogP contribution is 2.39. The van der Waals surface area contributed by atoms with Gasteiger partial charge >= 0.3 is 6.18 Å². The molecule has 326 valence electrons. The van der Waals surface area contributed by atoms with E-state index in [4.69, 9.17) is 11.6 Å². The number of piperazine rings is 1. The molecule has 3 aromatic rings. The molecule has 1 unspecified atom stereocenters. The molecule has 18 heteroatoms. The lowest BCUT2D eigenvalue weighted by molar-refractivity contribution is -0.138. The standard InChI is InChI=1S/C44H50F3N11O4/c1-48-35-5-2-30(22-34(35)44(45,46)47)54-16-12-29(13-17-54)41(60)51-38-7-3-31(23-49-38)55-14-10-28(11-15-55)24-53-18-20-56(21-19-53)32-25-57(26-32)39-8-4-33-36(50-39)27-58(43(33)62)37-6-9-40(59)52-42(37)61/h2-5,7-8,22-23,28-29,32,37H,6,9-21,24-27H2,(H,49,51,60)(H,52,59,61). The number of carbonyl (C=O) groups excluding carboxylic acids is 4. The van der Waals surface area contributed by atoms with Gasteiger partial charge in [-0.1, -0.05) is 6.07 Å². The van der Waals surface area contributed by atoms with Crippen LogP contribution in [0.4, 0.5) is 41.9 Å². The number of halogens is 3. The third kappa shape index (κ3) is 8.65. The lowest BCUT2D eigenvalue weighted by Crippen LogP contribution is -2.63. The largest absolute Gasteiger partial charge is 0.407 e. The Labute approximate surface area is 358 Å². The zero-order chi connectivity index (χ0) is 43.1. The van der Waals surface area contributed by atoms with E-state index in [1.54, 1.807) is 0 Å². The number of imide groups is 1. The van der Waals surface area contributed by atoms with Crippen molar-refractivity contribution >= 4 is 52.3 Å². The number of fused-ring (bicyclic) bond motifs is 1. The Morgan fingerprint density at radius 3 is 2.24 bits per heavy atom. The van der Waals surface area contributed by atoms with E-state index in [1.165, 1.54) is 17.0 Å². The molecule has 6 aliphatic heterocycles. The fourth-order valence-electron chi connectivity index (χ4n) is 9.84. The zero-order valence-electron chi connectivity index (χ0n) is 34.4. The van der Waals surface area contributed by atoms with E-state index in [9.17, 15) is 32.3 Å². The monoisotopic (exact) mass is 853 g/mol. The number of benzene rings is 1. The van der Waals surface area contributed by atoms with Gasteiger partial charge in [0.15, 0.2) is 5.69 Å². The van der Waals surface area contributed by atoms with Gasteiger partial charge in [0.1, 0.15) is 17.7 Å². The minimum absolute atomic E-state index is 0.143. The van der Waals surface area contributed by atoms with Crippen LogP contribution in [0.1, 0.15) is 60.1 Å². The number of rotatable bonds is 9. The number of hydrogen-bond donors (Lipinski definition) is 2. The van der Waals surface area contributed by atoms with E-state index in [1.807, 2.05) is 35.4 Å². The molecule has 0 saturated carbocycles. The number of aromatic nitrogens is 2. The van der Waals surface area contributed by atoms with Crippen LogP contribution in [0.15, 0.2) is 48.7 Å². The predicted octanol–water partition coefficient (Wildman–Crippen LogP) is 4.39. The van der Waals surface area contributed by atoms with E-state index in [2.05, 4.69) is 40.1 Å². The summed E-state index contributed by atoms with van der Waals surface area (Å²) in [6, 6.07) is 11.1. The molecule has 1 aromatic carbocycles. The minimum atomic E-state index is -4.61. The lowest BCUT2D eigenvalue weighted by Gasteiger charge is -2.49. The number of pyridine rings is 2. The van der Waals surface area contributed by atoms with Gasteiger partial charge in [0.25, 0.3) is 5.91 Å². The van der Waals surface area contributed by atoms with Crippen LogP contribution in [-0.4, -0.2) is 132 Å². The molecular formula is C44H50F3N11O4. The number of nitrogens with one attached hydrogen (secondary N) is 2. The molecule has 2 aromatic heterocycles. The van der Waals surface area contributed by atoms with Gasteiger partial charge in [-0.05, 0) is 74.4 Å². The molecule has 0 bridgehead atoms. The van der Waals surface area contributed by atoms with Gasteiger partial charge in [-0.15, -0.1) is 0 Å². The van der Waals surface area contributed by atoms with Gasteiger partial charge in [0.2, 0.25) is 17.7 Å². The van der Waals surface area contributed by atoms with E-state index in [0.29, 0.717) is 67.1 Å². The van der Waals surface area contributed by atoms with Crippen molar-refractivity contribution in [2.24, 2.45) is 11.8 Å². The summed E-state index contributed by atoms with van der Waals surface area (Å²) in [5.74, 6) is 0.614. The first-order valence-corrected chi connectivity index (χ1v) is 21.6. The SMILES string of the molecule is [C-]#[N+]c1ccc(N2CCC(C(=O)Nc3ccc(N4CCC(CN5CCN(C6CN(c7ccc8c(n7)CN(C7CCC(=O)NC7=O)C8=O)C6)CC5)CC4)cn3)CC2)cc1C(F)(F)F. The minimum Gasteiger partial charge on any atom is -0.372 e. The molecule has 9 rings (SSSR count). The molecule has 2 N–H and O–H groups in total. The van der Waals surface area contributed by atoms with Crippen molar-refractivity contribution in [3.8, 4) is 0 Å². The third-order valence-corrected chi connectivity index (χ3v) is 13.6. The molecule has 5 saturated heterocycles. The molecule has 0 spiro atoms. The number of alkyl halides is 3. The van der Waals surface area contributed by atoms with Gasteiger partial charge in [0, 0.05) is 96.1 Å². The topological polar surface area (TPSA) is 142 Å². The van der Waals surface area contributed by atoms with Crippen molar-refractivity contribution < 1.29 is 32.3 Å². The van der Waals surface area contributed by atoms with Crippen molar-refractivity contribution in [1.82, 2.24) is 30.0 Å². The van der Waals surface area contributed by atoms with Gasteiger partial charge < -0.3 is 29.8 Å². The van der Waals surface area contributed by atoms with Crippen LogP contribution < -0.4 is 25.3 Å². The Morgan fingerprint density at radius 2 is 1.56 bits per heavy atom. The van der Waals surface area contributed by atoms with Crippen LogP contribution in [-0.2, 0) is 27.1 Å². The molecule has 0 aliphatic carbocycles. The second kappa shape index (κ2) is 17.2. The number of amides is 4. The highest BCUT2D eigenvalue weighted by molar-refractivity contribution is 6.05. The third-order valence-electron chi connectivity index (χ3n) is 13.6. The smallest absolute Gasteiger partial charge is 0.372 e. The van der Waals surface area contributed by atoms with Crippen LogP contribution in [0.2, 0.25) is 0 Å². The van der Waals surface area contributed by atoms with Gasteiger partial charge in [-0.3, -0.25) is 29.4 Å². The molecule has 62 heavy (non-hydrogen) atoms. The van der Waals surface area contributed by atoms with Gasteiger partial charge in [0.05, 0.1) is 41.8 Å². The van der Waals surface area contributed by atoms with Crippen molar-refractivity contribution in [2.75, 3.05) is 92.0 Å². The summed E-state index contributed by atoms with van der Waals surface area (Å²) in [5, 5.41) is 5.28. The number of carbonyl (C=O) groups is 4. The summed E-state index contributed by atoms with van der Waals surface area (Å²) in [4.78, 5) is 75.7. The number of piperidine rings is 3. The Bertz CT molecular complexity index is 2240. The van der Waals surface area contributed by atoms with Crippen molar-refractivity contribution in [3.63, 3.8) is 0 Å². The fraction of sp³-hybridized carbons (Fsp3) is 0.523. The van der Waals surface area contributed by atoms with Crippen LogP contribution in [0.3, 0.4) is 0 Å². The Morgan fingerprint density at radius 1 is 0.855 bits per heavy atom. The maximum Gasteiger partial charge on any atom is 0.407 e. The first-order valence-electron chi connectivity index (χ1n) is 21.6. The fourth-order valence-corrected chi connectivity index (χ4v) is 9.84. The quantitative estimate of drug-likeness (QED) is 0.234. The molecule has 4 amide bonds. The molecule has 8 heterocycles. The van der Waals surface area contributed by atoms with E-state index >= 15 is 0 Å². The van der Waals surface area contributed by atoms with Crippen molar-refractivity contribution in [1.29, 1.82) is 0 Å². The summed E-state index contributed by atoms with van der Waals surface area (Å²) in [6.45, 7) is 17.1. The van der Waals surface area contributed by atoms with Crippen LogP contribution in [0.25, 0.3) is 4.85 Å². The van der Waals surface area contributed by atoms with Crippen LogP contribution in [0, 0.1) is 18.4 Å². The zero-order valence-corrected chi connectivity index (χ0v) is 34.4. The Balaban J connectivity index is 0.670. The first-order chi connectivity index (χ1) is 29.9. The molecule has 5 fully saturated rings. The van der Waals surface area contributed by atoms with Gasteiger partial charge in [-0.25, -0.2) is 14.8 Å². The maximum atomic E-state index is 13.5. The molecular weight excluding hydrogens is 804 g/mol. The second-order valence-corrected chi connectivity index (χ2v) is 17.4. The summed E-state index contributed by atoms with van der Waals surface area (Å²) >= 11 is 0. The first kappa shape index (κ1) is 41.5. The van der Waals surface area contributed by atoms with E-state index in [0.717, 1.165) is 89.3 Å². The van der Waals surface area contributed by atoms with Crippen LogP contribution >= 0.6 is 0 Å². The van der Waals surface area contributed by atoms with E-state index in [-0.39, 0.29) is 36.6 Å². The molecule has 6 aliphatic rings. The average molecular weight is 854 g/mol. The summed E-state index contributed by atoms with van der Waals surface area (Å²) in [5.41, 5.74) is 1.29. The highest BCUT2D eigenvalue weighted by atomic mass is 19.4. The maximum absolute atomic E-state index is 13.5. The number of hydrogen-bond acceptors (Lipinski definition) is 11. The predicted molar refractivity (Wildman–Crippen MR) is 225 cm³/mol. The Hall–Kier alpha value is -5.80. The average Bonchev–Trinajstić information content (AvgIpc) is 3.58. The lowest BCUT2D eigenvalue weighted by atomic mass is 9.95. The summed E-state index contributed by atoms with van der Waals surface area (Å²) in [7, 11) is 0. The normalized spacial score (nSPS) is 22.4.